The largest absolute Gasteiger partial charge is 0.497 e. The van der Waals surface area contributed by atoms with Crippen molar-refractivity contribution in [3.8, 4) is 5.75 Å². The molecule has 1 amide bonds. The SMILES string of the molecule is CCC(NCCOC)(C(N)=O)c1ccc(OC)cc1. The van der Waals surface area contributed by atoms with Crippen LogP contribution in [0, 0.1) is 0 Å². The van der Waals surface area contributed by atoms with Gasteiger partial charge < -0.3 is 15.2 Å². The molecular weight excluding hydrogens is 244 g/mol. The average Bonchev–Trinajstić information content (AvgIpc) is 2.44. The van der Waals surface area contributed by atoms with Gasteiger partial charge in [0.25, 0.3) is 0 Å². The number of nitrogens with two attached hydrogens (primary N) is 1. The third-order valence-electron chi connectivity index (χ3n) is 3.27. The number of nitrogens with one attached hydrogen (secondary N) is 1. The number of hydrogen-bond donors (Lipinski definition) is 2. The van der Waals surface area contributed by atoms with Crippen LogP contribution >= 0.6 is 0 Å². The van der Waals surface area contributed by atoms with Gasteiger partial charge in [0.1, 0.15) is 11.3 Å². The topological polar surface area (TPSA) is 73.6 Å². The van der Waals surface area contributed by atoms with Gasteiger partial charge in [-0.05, 0) is 24.1 Å². The predicted molar refractivity (Wildman–Crippen MR) is 74.0 cm³/mol. The lowest BCUT2D eigenvalue weighted by Gasteiger charge is -2.31. The molecule has 0 saturated heterocycles. The Morgan fingerprint density at radius 1 is 1.32 bits per heavy atom. The number of primary amides is 1. The molecule has 0 saturated carbocycles. The zero-order valence-electron chi connectivity index (χ0n) is 11.7. The maximum atomic E-state index is 11.9. The number of methoxy groups -OCH3 is 2. The van der Waals surface area contributed by atoms with E-state index in [4.69, 9.17) is 15.2 Å². The van der Waals surface area contributed by atoms with Crippen LogP contribution in [0.25, 0.3) is 0 Å². The second-order valence-electron chi connectivity index (χ2n) is 4.27. The van der Waals surface area contributed by atoms with E-state index in [1.807, 2.05) is 31.2 Å². The highest BCUT2D eigenvalue weighted by atomic mass is 16.5. The van der Waals surface area contributed by atoms with E-state index in [-0.39, 0.29) is 0 Å². The third-order valence-corrected chi connectivity index (χ3v) is 3.27. The summed E-state index contributed by atoms with van der Waals surface area (Å²) in [5.74, 6) is 0.353. The molecule has 3 N–H and O–H groups in total. The van der Waals surface area contributed by atoms with Gasteiger partial charge >= 0.3 is 0 Å². The van der Waals surface area contributed by atoms with Crippen LogP contribution in [0.5, 0.6) is 5.75 Å². The highest BCUT2D eigenvalue weighted by Crippen LogP contribution is 2.26. The molecule has 0 heterocycles. The monoisotopic (exact) mass is 266 g/mol. The van der Waals surface area contributed by atoms with Crippen molar-refractivity contribution in [2.75, 3.05) is 27.4 Å². The van der Waals surface area contributed by atoms with E-state index in [1.54, 1.807) is 14.2 Å². The average molecular weight is 266 g/mol. The second kappa shape index (κ2) is 7.11. The van der Waals surface area contributed by atoms with Crippen molar-refractivity contribution in [2.45, 2.75) is 18.9 Å². The van der Waals surface area contributed by atoms with E-state index in [0.717, 1.165) is 11.3 Å². The van der Waals surface area contributed by atoms with Crippen molar-refractivity contribution >= 4 is 5.91 Å². The number of benzene rings is 1. The standard InChI is InChI=1S/C14H22N2O3/c1-4-14(13(15)17,16-9-10-18-2)11-5-7-12(19-3)8-6-11/h5-8,16H,4,9-10H2,1-3H3,(H2,15,17). The number of carbonyl (C=O) groups is 1. The summed E-state index contributed by atoms with van der Waals surface area (Å²) in [6.45, 7) is 3.00. The lowest BCUT2D eigenvalue weighted by molar-refractivity contribution is -0.125. The highest BCUT2D eigenvalue weighted by molar-refractivity contribution is 5.86. The van der Waals surface area contributed by atoms with E-state index < -0.39 is 11.4 Å². The summed E-state index contributed by atoms with van der Waals surface area (Å²) >= 11 is 0. The molecule has 0 aliphatic rings. The summed E-state index contributed by atoms with van der Waals surface area (Å²) in [6.07, 6.45) is 0.568. The van der Waals surface area contributed by atoms with Gasteiger partial charge in [0.15, 0.2) is 0 Å². The van der Waals surface area contributed by atoms with E-state index in [0.29, 0.717) is 19.6 Å². The van der Waals surface area contributed by atoms with Crippen molar-refractivity contribution in [3.63, 3.8) is 0 Å². The molecule has 0 radical (unpaired) electrons. The Labute approximate surface area is 114 Å². The van der Waals surface area contributed by atoms with Crippen molar-refractivity contribution in [3.05, 3.63) is 29.8 Å². The third kappa shape index (κ3) is 3.45. The summed E-state index contributed by atoms with van der Waals surface area (Å²) < 4.78 is 10.1. The van der Waals surface area contributed by atoms with Gasteiger partial charge in [0.05, 0.1) is 13.7 Å². The Kier molecular flexibility index (Phi) is 5.79. The number of hydrogen-bond acceptors (Lipinski definition) is 4. The van der Waals surface area contributed by atoms with Crippen molar-refractivity contribution < 1.29 is 14.3 Å². The Morgan fingerprint density at radius 3 is 2.37 bits per heavy atom. The van der Waals surface area contributed by atoms with Gasteiger partial charge in [0.2, 0.25) is 5.91 Å². The Hall–Kier alpha value is -1.59. The van der Waals surface area contributed by atoms with Gasteiger partial charge in [-0.25, -0.2) is 0 Å². The quantitative estimate of drug-likeness (QED) is 0.689. The van der Waals surface area contributed by atoms with E-state index >= 15 is 0 Å². The molecule has 1 atom stereocenters. The first-order valence-electron chi connectivity index (χ1n) is 6.29. The number of rotatable bonds is 8. The summed E-state index contributed by atoms with van der Waals surface area (Å²) in [5.41, 5.74) is 5.56. The molecule has 19 heavy (non-hydrogen) atoms. The molecule has 1 unspecified atom stereocenters. The number of carbonyl (C=O) groups excluding carboxylic acids is 1. The molecule has 1 aromatic carbocycles. The fraction of sp³-hybridized carbons (Fsp3) is 0.500. The normalized spacial score (nSPS) is 13.8. The minimum Gasteiger partial charge on any atom is -0.497 e. The van der Waals surface area contributed by atoms with Crippen LogP contribution in [0.2, 0.25) is 0 Å². The number of amides is 1. The zero-order chi connectivity index (χ0) is 14.3. The first-order chi connectivity index (χ1) is 9.10. The summed E-state index contributed by atoms with van der Waals surface area (Å²) in [6, 6.07) is 7.35. The van der Waals surface area contributed by atoms with Gasteiger partial charge in [-0.1, -0.05) is 19.1 Å². The smallest absolute Gasteiger partial charge is 0.242 e. The Balaban J connectivity index is 3.02. The van der Waals surface area contributed by atoms with Crippen molar-refractivity contribution in [2.24, 2.45) is 5.73 Å². The van der Waals surface area contributed by atoms with Crippen molar-refractivity contribution in [1.82, 2.24) is 5.32 Å². The summed E-state index contributed by atoms with van der Waals surface area (Å²) in [7, 11) is 3.22. The molecule has 5 nitrogen and oxygen atoms in total. The molecule has 0 aromatic heterocycles. The minimum absolute atomic E-state index is 0.392. The minimum atomic E-state index is -0.870. The second-order valence-corrected chi connectivity index (χ2v) is 4.27. The van der Waals surface area contributed by atoms with Gasteiger partial charge in [0, 0.05) is 13.7 Å². The van der Waals surface area contributed by atoms with Gasteiger partial charge in [-0.3, -0.25) is 10.1 Å². The maximum Gasteiger partial charge on any atom is 0.242 e. The van der Waals surface area contributed by atoms with Crippen LogP contribution in [-0.2, 0) is 15.1 Å². The molecule has 1 aromatic rings. The Morgan fingerprint density at radius 2 is 1.95 bits per heavy atom. The fourth-order valence-corrected chi connectivity index (χ4v) is 2.08. The lowest BCUT2D eigenvalue weighted by atomic mass is 9.86. The first-order valence-corrected chi connectivity index (χ1v) is 6.29. The van der Waals surface area contributed by atoms with Crippen molar-refractivity contribution in [1.29, 1.82) is 0 Å². The Bertz CT molecular complexity index is 406. The lowest BCUT2D eigenvalue weighted by Crippen LogP contribution is -2.53. The van der Waals surface area contributed by atoms with Crippen LogP contribution in [0.1, 0.15) is 18.9 Å². The van der Waals surface area contributed by atoms with Crippen LogP contribution in [0.3, 0.4) is 0 Å². The zero-order valence-corrected chi connectivity index (χ0v) is 11.7. The molecule has 1 rings (SSSR count). The molecule has 5 heteroatoms. The van der Waals surface area contributed by atoms with Crippen LogP contribution in [0.4, 0.5) is 0 Å². The predicted octanol–water partition coefficient (Wildman–Crippen LogP) is 1.02. The van der Waals surface area contributed by atoms with Gasteiger partial charge in [-0.2, -0.15) is 0 Å². The molecule has 0 spiro atoms. The number of ether oxygens (including phenoxy) is 2. The van der Waals surface area contributed by atoms with E-state index in [9.17, 15) is 4.79 Å². The molecule has 0 fully saturated rings. The summed E-state index contributed by atoms with van der Waals surface area (Å²) in [4.78, 5) is 11.9. The summed E-state index contributed by atoms with van der Waals surface area (Å²) in [5, 5.41) is 3.20. The van der Waals surface area contributed by atoms with E-state index in [2.05, 4.69) is 5.32 Å². The van der Waals surface area contributed by atoms with Crippen LogP contribution < -0.4 is 15.8 Å². The maximum absolute atomic E-state index is 11.9. The molecule has 0 aliphatic heterocycles. The molecule has 0 aliphatic carbocycles. The first kappa shape index (κ1) is 15.5. The van der Waals surface area contributed by atoms with E-state index in [1.165, 1.54) is 0 Å². The van der Waals surface area contributed by atoms with Gasteiger partial charge in [-0.15, -0.1) is 0 Å². The molecule has 0 bridgehead atoms. The fourth-order valence-electron chi connectivity index (χ4n) is 2.08. The van der Waals surface area contributed by atoms with Crippen LogP contribution in [-0.4, -0.2) is 33.3 Å². The van der Waals surface area contributed by atoms with Crippen LogP contribution in [0.15, 0.2) is 24.3 Å². The molecule has 106 valence electrons. The highest BCUT2D eigenvalue weighted by Gasteiger charge is 2.36. The molecular formula is C14H22N2O3.